The van der Waals surface area contributed by atoms with Crippen LogP contribution in [0.25, 0.3) is 5.69 Å². The van der Waals surface area contributed by atoms with Crippen LogP contribution in [-0.2, 0) is 0 Å². The molecule has 5 nitrogen and oxygen atoms in total. The third-order valence-corrected chi connectivity index (χ3v) is 9.65. The lowest BCUT2D eigenvalue weighted by atomic mass is 9.93. The van der Waals surface area contributed by atoms with Crippen molar-refractivity contribution in [2.75, 3.05) is 22.9 Å². The highest BCUT2D eigenvalue weighted by molar-refractivity contribution is 7.80. The number of aromatic nitrogens is 2. The quantitative estimate of drug-likeness (QED) is 0.231. The lowest BCUT2D eigenvalue weighted by molar-refractivity contribution is 0.438. The highest BCUT2D eigenvalue weighted by Crippen LogP contribution is 2.46. The number of halogens is 2. The first-order chi connectivity index (χ1) is 19.7. The first-order valence-electron chi connectivity index (χ1n) is 14.2. The fourth-order valence-corrected chi connectivity index (χ4v) is 7.35. The molecule has 4 heterocycles. The van der Waals surface area contributed by atoms with E-state index in [-0.39, 0.29) is 12.1 Å². The molecular formula is C33H35Cl2N5S. The molecule has 8 heteroatoms. The minimum Gasteiger partial charge on any atom is -0.370 e. The standard InChI is InChI=1S/C33H35Cl2N5S/c1-20-13-16-38(17-14-20)29-12-11-26(19-27(29)35)40-32(31(37-33(40)41)28-10-5-6-15-36-28)30-21(2)22(3)39(23(30)4)25-9-7-8-24(34)18-25/h5-12,15,18-20,31-32H,13-14,16-17H2,1-4H3,(H,37,41). The van der Waals surface area contributed by atoms with Crippen molar-refractivity contribution in [2.45, 2.75) is 52.6 Å². The average Bonchev–Trinajstić information content (AvgIpc) is 3.41. The van der Waals surface area contributed by atoms with Gasteiger partial charge in [0.25, 0.3) is 0 Å². The summed E-state index contributed by atoms with van der Waals surface area (Å²) in [6.45, 7) is 10.9. The maximum absolute atomic E-state index is 7.00. The van der Waals surface area contributed by atoms with Gasteiger partial charge in [-0.05, 0) is 106 Å². The van der Waals surface area contributed by atoms with Crippen LogP contribution in [0, 0.1) is 26.7 Å². The lowest BCUT2D eigenvalue weighted by Gasteiger charge is -2.33. The van der Waals surface area contributed by atoms with E-state index in [2.05, 4.69) is 77.7 Å². The number of hydrogen-bond acceptors (Lipinski definition) is 3. The molecule has 2 saturated heterocycles. The SMILES string of the molecule is Cc1c(C2C(c3ccccn3)NC(=S)N2c2ccc(N3CCC(C)CC3)c(Cl)c2)c(C)n(-c2cccc(Cl)c2)c1C. The average molecular weight is 605 g/mol. The van der Waals surface area contributed by atoms with Crippen molar-refractivity contribution in [3.63, 3.8) is 0 Å². The smallest absolute Gasteiger partial charge is 0.174 e. The van der Waals surface area contributed by atoms with Crippen LogP contribution in [0.3, 0.4) is 0 Å². The Morgan fingerprint density at radius 1 is 0.902 bits per heavy atom. The van der Waals surface area contributed by atoms with Gasteiger partial charge in [-0.25, -0.2) is 0 Å². The lowest BCUT2D eigenvalue weighted by Crippen LogP contribution is -2.33. The fraction of sp³-hybridized carbons (Fsp3) is 0.333. The van der Waals surface area contributed by atoms with E-state index in [1.54, 1.807) is 0 Å². The molecule has 0 spiro atoms. The second-order valence-corrected chi connectivity index (χ2v) is 12.6. The molecule has 2 aliphatic heterocycles. The number of rotatable bonds is 5. The number of hydrogen-bond donors (Lipinski definition) is 1. The van der Waals surface area contributed by atoms with Gasteiger partial charge in [-0.15, -0.1) is 0 Å². The van der Waals surface area contributed by atoms with Crippen LogP contribution >= 0.6 is 35.4 Å². The van der Waals surface area contributed by atoms with Gasteiger partial charge in [-0.1, -0.05) is 42.3 Å². The minimum atomic E-state index is -0.141. The molecule has 0 saturated carbocycles. The summed E-state index contributed by atoms with van der Waals surface area (Å²) in [7, 11) is 0. The fourth-order valence-electron chi connectivity index (χ4n) is 6.52. The first kappa shape index (κ1) is 28.1. The van der Waals surface area contributed by atoms with Gasteiger partial charge < -0.3 is 19.7 Å². The first-order valence-corrected chi connectivity index (χ1v) is 15.4. The zero-order valence-electron chi connectivity index (χ0n) is 23.9. The summed E-state index contributed by atoms with van der Waals surface area (Å²) in [4.78, 5) is 9.38. The van der Waals surface area contributed by atoms with Crippen molar-refractivity contribution < 1.29 is 0 Å². The molecule has 4 aromatic rings. The summed E-state index contributed by atoms with van der Waals surface area (Å²) in [5, 5.41) is 5.74. The van der Waals surface area contributed by atoms with Crippen LogP contribution in [0.15, 0.2) is 66.9 Å². The molecule has 0 bridgehead atoms. The third-order valence-electron chi connectivity index (χ3n) is 8.80. The Hall–Kier alpha value is -3.06. The molecule has 2 aromatic heterocycles. The molecule has 2 aliphatic rings. The monoisotopic (exact) mass is 603 g/mol. The Balaban J connectivity index is 1.47. The van der Waals surface area contributed by atoms with E-state index in [9.17, 15) is 0 Å². The Kier molecular flexibility index (Phi) is 7.75. The summed E-state index contributed by atoms with van der Waals surface area (Å²) >= 11 is 19.5. The second kappa shape index (κ2) is 11.3. The molecule has 2 aromatic carbocycles. The van der Waals surface area contributed by atoms with Crippen LogP contribution in [0.1, 0.15) is 60.1 Å². The number of thiocarbonyl (C=S) groups is 1. The molecule has 212 valence electrons. The third kappa shape index (κ3) is 5.11. The van der Waals surface area contributed by atoms with Crippen molar-refractivity contribution in [3.05, 3.63) is 105 Å². The van der Waals surface area contributed by atoms with Gasteiger partial charge in [-0.2, -0.15) is 0 Å². The number of nitrogens with one attached hydrogen (secondary N) is 1. The molecule has 0 aliphatic carbocycles. The number of pyridine rings is 1. The van der Waals surface area contributed by atoms with Crippen molar-refractivity contribution >= 4 is 51.9 Å². The second-order valence-electron chi connectivity index (χ2n) is 11.3. The Morgan fingerprint density at radius 3 is 2.37 bits per heavy atom. The summed E-state index contributed by atoms with van der Waals surface area (Å²) in [5.41, 5.74) is 8.80. The van der Waals surface area contributed by atoms with E-state index in [0.717, 1.165) is 52.5 Å². The van der Waals surface area contributed by atoms with Crippen molar-refractivity contribution in [1.82, 2.24) is 14.9 Å². The van der Waals surface area contributed by atoms with Crippen LogP contribution in [0.5, 0.6) is 0 Å². The highest BCUT2D eigenvalue weighted by atomic mass is 35.5. The van der Waals surface area contributed by atoms with E-state index in [1.807, 2.05) is 36.5 Å². The maximum atomic E-state index is 7.00. The van der Waals surface area contributed by atoms with E-state index < -0.39 is 0 Å². The highest BCUT2D eigenvalue weighted by Gasteiger charge is 2.43. The predicted octanol–water partition coefficient (Wildman–Crippen LogP) is 8.52. The molecule has 0 amide bonds. The topological polar surface area (TPSA) is 36.3 Å². The van der Waals surface area contributed by atoms with Crippen LogP contribution in [0.4, 0.5) is 11.4 Å². The number of nitrogens with zero attached hydrogens (tertiary/aromatic N) is 4. The Morgan fingerprint density at radius 2 is 1.68 bits per heavy atom. The maximum Gasteiger partial charge on any atom is 0.174 e. The van der Waals surface area contributed by atoms with Crippen LogP contribution in [0.2, 0.25) is 10.0 Å². The zero-order valence-corrected chi connectivity index (χ0v) is 26.2. The van der Waals surface area contributed by atoms with Gasteiger partial charge in [0.2, 0.25) is 0 Å². The molecule has 2 unspecified atom stereocenters. The molecule has 2 fully saturated rings. The molecular weight excluding hydrogens is 569 g/mol. The summed E-state index contributed by atoms with van der Waals surface area (Å²) in [5.74, 6) is 0.760. The van der Waals surface area contributed by atoms with E-state index in [1.165, 1.54) is 29.7 Å². The molecule has 41 heavy (non-hydrogen) atoms. The van der Waals surface area contributed by atoms with Gasteiger partial charge in [0.05, 0.1) is 28.5 Å². The zero-order chi connectivity index (χ0) is 28.8. The normalized spacial score (nSPS) is 19.6. The van der Waals surface area contributed by atoms with E-state index in [4.69, 9.17) is 40.4 Å². The van der Waals surface area contributed by atoms with Gasteiger partial charge in [0.1, 0.15) is 0 Å². The van der Waals surface area contributed by atoms with Crippen molar-refractivity contribution in [1.29, 1.82) is 0 Å². The van der Waals surface area contributed by atoms with E-state index >= 15 is 0 Å². The van der Waals surface area contributed by atoms with Crippen LogP contribution < -0.4 is 15.1 Å². The van der Waals surface area contributed by atoms with E-state index in [0.29, 0.717) is 10.1 Å². The molecule has 2 atom stereocenters. The molecule has 1 N–H and O–H groups in total. The Bertz CT molecular complexity index is 1590. The molecule has 6 rings (SSSR count). The van der Waals surface area contributed by atoms with Crippen LogP contribution in [-0.4, -0.2) is 27.8 Å². The van der Waals surface area contributed by atoms with Gasteiger partial charge in [-0.3, -0.25) is 4.98 Å². The van der Waals surface area contributed by atoms with Gasteiger partial charge in [0, 0.05) is 52.6 Å². The summed E-state index contributed by atoms with van der Waals surface area (Å²) < 4.78 is 2.29. The van der Waals surface area contributed by atoms with Gasteiger partial charge in [0.15, 0.2) is 5.11 Å². The number of benzene rings is 2. The van der Waals surface area contributed by atoms with Gasteiger partial charge >= 0.3 is 0 Å². The molecule has 0 radical (unpaired) electrons. The summed E-state index contributed by atoms with van der Waals surface area (Å²) in [6, 6.07) is 20.2. The van der Waals surface area contributed by atoms with Crippen molar-refractivity contribution in [3.8, 4) is 5.69 Å². The minimum absolute atomic E-state index is 0.130. The predicted molar refractivity (Wildman–Crippen MR) is 175 cm³/mol. The number of anilines is 2. The largest absolute Gasteiger partial charge is 0.370 e. The summed E-state index contributed by atoms with van der Waals surface area (Å²) in [6.07, 6.45) is 4.22. The Labute approximate surface area is 258 Å². The van der Waals surface area contributed by atoms with Crippen molar-refractivity contribution in [2.24, 2.45) is 5.92 Å². The number of piperidine rings is 1.